The zero-order valence-corrected chi connectivity index (χ0v) is 17.7. The molecule has 32 heavy (non-hydrogen) atoms. The first-order valence-electron chi connectivity index (χ1n) is 9.98. The number of aromatic nitrogens is 2. The maximum absolute atomic E-state index is 12.9. The van der Waals surface area contributed by atoms with Crippen molar-refractivity contribution in [2.75, 3.05) is 23.7 Å². The molecule has 0 spiro atoms. The second-order valence-corrected chi connectivity index (χ2v) is 8.11. The van der Waals surface area contributed by atoms with E-state index < -0.39 is 4.92 Å². The van der Waals surface area contributed by atoms with E-state index in [1.54, 1.807) is 29.2 Å². The van der Waals surface area contributed by atoms with Crippen LogP contribution in [0.15, 0.2) is 54.0 Å². The highest BCUT2D eigenvalue weighted by Gasteiger charge is 2.29. The molecule has 1 aromatic heterocycles. The highest BCUT2D eigenvalue weighted by Crippen LogP contribution is 2.30. The van der Waals surface area contributed by atoms with Gasteiger partial charge in [-0.15, -0.1) is 10.2 Å². The van der Waals surface area contributed by atoms with Gasteiger partial charge in [-0.25, -0.2) is 0 Å². The van der Waals surface area contributed by atoms with Gasteiger partial charge in [0.15, 0.2) is 0 Å². The lowest BCUT2D eigenvalue weighted by Crippen LogP contribution is -2.41. The third-order valence-corrected chi connectivity index (χ3v) is 5.84. The summed E-state index contributed by atoms with van der Waals surface area (Å²) in [6, 6.07) is 13.5. The highest BCUT2D eigenvalue weighted by atomic mass is 32.1. The van der Waals surface area contributed by atoms with Gasteiger partial charge in [-0.1, -0.05) is 29.5 Å². The minimum Gasteiger partial charge on any atom is -0.350 e. The van der Waals surface area contributed by atoms with Gasteiger partial charge in [0.2, 0.25) is 11.0 Å². The van der Waals surface area contributed by atoms with Crippen LogP contribution in [0, 0.1) is 16.0 Å². The van der Waals surface area contributed by atoms with Gasteiger partial charge in [0.25, 0.3) is 11.6 Å². The number of carbonyl (C=O) groups is 2. The van der Waals surface area contributed by atoms with E-state index in [9.17, 15) is 19.7 Å². The fraction of sp³-hybridized carbons (Fsp3) is 0.238. The summed E-state index contributed by atoms with van der Waals surface area (Å²) in [5.74, 6) is -0.655. The van der Waals surface area contributed by atoms with Crippen molar-refractivity contribution in [1.82, 2.24) is 15.1 Å². The molecule has 0 radical (unpaired) electrons. The first-order valence-corrected chi connectivity index (χ1v) is 10.9. The minimum atomic E-state index is -0.508. The van der Waals surface area contributed by atoms with Crippen LogP contribution in [0.5, 0.6) is 0 Å². The van der Waals surface area contributed by atoms with E-state index >= 15 is 0 Å². The molecule has 2 N–H and O–H groups in total. The van der Waals surface area contributed by atoms with Crippen LogP contribution in [0.4, 0.5) is 22.2 Å². The van der Waals surface area contributed by atoms with Gasteiger partial charge in [0.05, 0.1) is 4.92 Å². The molecule has 2 heterocycles. The van der Waals surface area contributed by atoms with Gasteiger partial charge >= 0.3 is 0 Å². The van der Waals surface area contributed by atoms with E-state index in [0.717, 1.165) is 0 Å². The number of para-hydroxylation sites is 1. The molecule has 11 heteroatoms. The van der Waals surface area contributed by atoms with Crippen molar-refractivity contribution in [3.8, 4) is 0 Å². The number of anilines is 3. The molecule has 4 rings (SSSR count). The molecule has 1 aliphatic rings. The van der Waals surface area contributed by atoms with Crippen LogP contribution in [-0.2, 0) is 4.79 Å². The Hall–Kier alpha value is -3.86. The first-order chi connectivity index (χ1) is 15.5. The molecule has 0 unspecified atom stereocenters. The van der Waals surface area contributed by atoms with Crippen molar-refractivity contribution in [2.45, 2.75) is 12.8 Å². The Labute approximate surface area is 187 Å². The lowest BCUT2D eigenvalue weighted by Gasteiger charge is -2.31. The zero-order chi connectivity index (χ0) is 22.5. The van der Waals surface area contributed by atoms with Crippen molar-refractivity contribution in [3.63, 3.8) is 0 Å². The predicted molar refractivity (Wildman–Crippen MR) is 120 cm³/mol. The van der Waals surface area contributed by atoms with Gasteiger partial charge in [-0.05, 0) is 37.1 Å². The Morgan fingerprint density at radius 1 is 1.12 bits per heavy atom. The average molecular weight is 452 g/mol. The summed E-state index contributed by atoms with van der Waals surface area (Å²) in [6.07, 6.45) is 1.01. The van der Waals surface area contributed by atoms with Gasteiger partial charge < -0.3 is 15.5 Å². The van der Waals surface area contributed by atoms with Crippen LogP contribution in [0.2, 0.25) is 0 Å². The van der Waals surface area contributed by atoms with E-state index in [1.807, 2.05) is 18.2 Å². The SMILES string of the molecule is O=C(Nc1nncs1)C1CCN(C(=O)c2ccc(Nc3ccccc3)c([N+](=O)[O-])c2)CC1. The third kappa shape index (κ3) is 4.89. The molecule has 10 nitrogen and oxygen atoms in total. The Morgan fingerprint density at radius 3 is 2.53 bits per heavy atom. The topological polar surface area (TPSA) is 130 Å². The third-order valence-electron chi connectivity index (χ3n) is 5.24. The molecular formula is C21H20N6O4S. The van der Waals surface area contributed by atoms with Crippen LogP contribution in [-0.4, -0.2) is 44.9 Å². The molecule has 1 fully saturated rings. The van der Waals surface area contributed by atoms with Gasteiger partial charge in [0, 0.05) is 36.3 Å². The number of rotatable bonds is 6. The van der Waals surface area contributed by atoms with Crippen molar-refractivity contribution in [3.05, 3.63) is 69.7 Å². The van der Waals surface area contributed by atoms with Crippen LogP contribution >= 0.6 is 11.3 Å². The molecule has 0 bridgehead atoms. The summed E-state index contributed by atoms with van der Waals surface area (Å²) in [7, 11) is 0. The number of likely N-dealkylation sites (tertiary alicyclic amines) is 1. The molecular weight excluding hydrogens is 432 g/mol. The van der Waals surface area contributed by atoms with E-state index in [0.29, 0.717) is 42.4 Å². The van der Waals surface area contributed by atoms with E-state index in [-0.39, 0.29) is 29.0 Å². The van der Waals surface area contributed by atoms with Crippen molar-refractivity contribution >= 4 is 45.3 Å². The van der Waals surface area contributed by atoms with Crippen LogP contribution < -0.4 is 10.6 Å². The van der Waals surface area contributed by atoms with Crippen LogP contribution in [0.3, 0.4) is 0 Å². The van der Waals surface area contributed by atoms with E-state index in [2.05, 4.69) is 20.8 Å². The number of amides is 2. The second kappa shape index (κ2) is 9.52. The number of benzene rings is 2. The number of hydrogen-bond acceptors (Lipinski definition) is 8. The largest absolute Gasteiger partial charge is 0.350 e. The first kappa shape index (κ1) is 21.4. The van der Waals surface area contributed by atoms with Gasteiger partial charge in [-0.2, -0.15) is 0 Å². The Morgan fingerprint density at radius 2 is 1.88 bits per heavy atom. The second-order valence-electron chi connectivity index (χ2n) is 7.28. The normalized spacial score (nSPS) is 14.1. The Balaban J connectivity index is 1.41. The minimum absolute atomic E-state index is 0.138. The fourth-order valence-electron chi connectivity index (χ4n) is 3.56. The molecule has 0 atom stereocenters. The smallest absolute Gasteiger partial charge is 0.293 e. The number of carbonyl (C=O) groups excluding carboxylic acids is 2. The Bertz CT molecular complexity index is 1110. The lowest BCUT2D eigenvalue weighted by atomic mass is 9.95. The molecule has 1 aliphatic heterocycles. The van der Waals surface area contributed by atoms with Crippen molar-refractivity contribution in [1.29, 1.82) is 0 Å². The highest BCUT2D eigenvalue weighted by molar-refractivity contribution is 7.13. The number of nitro benzene ring substituents is 1. The molecule has 3 aromatic rings. The molecule has 0 aliphatic carbocycles. The molecule has 1 saturated heterocycles. The predicted octanol–water partition coefficient (Wildman–Crippen LogP) is 3.68. The summed E-state index contributed by atoms with van der Waals surface area (Å²) >= 11 is 1.24. The maximum Gasteiger partial charge on any atom is 0.293 e. The summed E-state index contributed by atoms with van der Waals surface area (Å²) < 4.78 is 0. The summed E-state index contributed by atoms with van der Waals surface area (Å²) in [6.45, 7) is 0.787. The van der Waals surface area contributed by atoms with Crippen LogP contribution in [0.1, 0.15) is 23.2 Å². The molecule has 164 valence electrons. The monoisotopic (exact) mass is 452 g/mol. The molecule has 0 saturated carbocycles. The summed E-state index contributed by atoms with van der Waals surface area (Å²) in [5, 5.41) is 25.3. The van der Waals surface area contributed by atoms with Crippen molar-refractivity contribution < 1.29 is 14.5 Å². The maximum atomic E-state index is 12.9. The Kier molecular flexibility index (Phi) is 6.36. The standard InChI is InChI=1S/C21H20N6O4S/c28-19(24-21-25-22-13-32-21)14-8-10-26(11-9-14)20(29)15-6-7-17(18(12-15)27(30)31)23-16-4-2-1-3-5-16/h1-7,12-14,23H,8-11H2,(H,24,25,28). The zero-order valence-electron chi connectivity index (χ0n) is 16.9. The van der Waals surface area contributed by atoms with E-state index in [4.69, 9.17) is 0 Å². The molecule has 2 aromatic carbocycles. The number of nitrogens with one attached hydrogen (secondary N) is 2. The number of nitro groups is 1. The summed E-state index contributed by atoms with van der Waals surface area (Å²) in [4.78, 5) is 38.0. The lowest BCUT2D eigenvalue weighted by molar-refractivity contribution is -0.383. The summed E-state index contributed by atoms with van der Waals surface area (Å²) in [5.41, 5.74) is 2.63. The number of piperidine rings is 1. The van der Waals surface area contributed by atoms with Crippen molar-refractivity contribution in [2.24, 2.45) is 5.92 Å². The fourth-order valence-corrected chi connectivity index (χ4v) is 4.01. The van der Waals surface area contributed by atoms with Gasteiger partial charge in [0.1, 0.15) is 11.2 Å². The van der Waals surface area contributed by atoms with E-state index in [1.165, 1.54) is 22.9 Å². The average Bonchev–Trinajstić information content (AvgIpc) is 3.32. The van der Waals surface area contributed by atoms with Gasteiger partial charge in [-0.3, -0.25) is 19.7 Å². The quantitative estimate of drug-likeness (QED) is 0.431. The number of nitrogens with zero attached hydrogens (tertiary/aromatic N) is 4. The molecule has 2 amide bonds. The number of hydrogen-bond donors (Lipinski definition) is 2. The van der Waals surface area contributed by atoms with Crippen LogP contribution in [0.25, 0.3) is 0 Å².